The van der Waals surface area contributed by atoms with E-state index in [1.165, 1.54) is 12.1 Å². The number of hydrogen-bond donors (Lipinski definition) is 1. The Morgan fingerprint density at radius 3 is 2.33 bits per heavy atom. The Morgan fingerprint density at radius 1 is 1.05 bits per heavy atom. The fourth-order valence-electron chi connectivity index (χ4n) is 2.22. The van der Waals surface area contributed by atoms with Gasteiger partial charge in [-0.1, -0.05) is 35.9 Å². The van der Waals surface area contributed by atoms with Crippen LogP contribution in [0.1, 0.15) is 28.4 Å². The van der Waals surface area contributed by atoms with E-state index in [-0.39, 0.29) is 5.75 Å². The van der Waals surface area contributed by atoms with Crippen LogP contribution in [0.15, 0.2) is 42.5 Å². The molecule has 0 aliphatic rings. The van der Waals surface area contributed by atoms with Crippen LogP contribution >= 0.6 is 0 Å². The number of hydrogen-bond acceptors (Lipinski definition) is 2. The summed E-state index contributed by atoms with van der Waals surface area (Å²) in [5.74, 6) is 0.0905. The van der Waals surface area contributed by atoms with Crippen molar-refractivity contribution < 1.29 is 18.6 Å². The van der Waals surface area contributed by atoms with Crippen LogP contribution < -0.4 is 4.74 Å². The Balaban J connectivity index is 2.09. The quantitative estimate of drug-likeness (QED) is 0.895. The lowest BCUT2D eigenvalue weighted by Gasteiger charge is -2.14. The average molecular weight is 292 g/mol. The van der Waals surface area contributed by atoms with Gasteiger partial charge in [-0.2, -0.15) is 8.78 Å². The lowest BCUT2D eigenvalue weighted by Crippen LogP contribution is -2.05. The molecule has 2 rings (SSSR count). The highest BCUT2D eigenvalue weighted by atomic mass is 19.3. The molecule has 0 saturated heterocycles. The molecule has 4 heteroatoms. The first kappa shape index (κ1) is 15.4. The van der Waals surface area contributed by atoms with Gasteiger partial charge in [-0.25, -0.2) is 0 Å². The first-order chi connectivity index (χ1) is 9.95. The largest absolute Gasteiger partial charge is 0.435 e. The molecule has 0 amide bonds. The van der Waals surface area contributed by atoms with Crippen LogP contribution in [0, 0.1) is 13.8 Å². The topological polar surface area (TPSA) is 29.5 Å². The van der Waals surface area contributed by atoms with Gasteiger partial charge in [0.1, 0.15) is 5.75 Å². The van der Waals surface area contributed by atoms with Crippen LogP contribution in [0.3, 0.4) is 0 Å². The lowest BCUT2D eigenvalue weighted by atomic mass is 9.97. The summed E-state index contributed by atoms with van der Waals surface area (Å²) in [6.45, 7) is 1.17. The van der Waals surface area contributed by atoms with E-state index in [0.29, 0.717) is 12.0 Å². The Kier molecular flexibility index (Phi) is 4.91. The van der Waals surface area contributed by atoms with Crippen LogP contribution in [-0.2, 0) is 6.42 Å². The minimum Gasteiger partial charge on any atom is -0.435 e. The van der Waals surface area contributed by atoms with Gasteiger partial charge < -0.3 is 9.84 Å². The van der Waals surface area contributed by atoms with Gasteiger partial charge >= 0.3 is 6.61 Å². The number of aryl methyl sites for hydroxylation is 2. The van der Waals surface area contributed by atoms with Crippen molar-refractivity contribution in [2.45, 2.75) is 33.0 Å². The van der Waals surface area contributed by atoms with E-state index >= 15 is 0 Å². The summed E-state index contributed by atoms with van der Waals surface area (Å²) >= 11 is 0. The van der Waals surface area contributed by atoms with E-state index in [0.717, 1.165) is 16.7 Å². The molecule has 2 aromatic rings. The number of rotatable bonds is 5. The van der Waals surface area contributed by atoms with Crippen molar-refractivity contribution in [3.8, 4) is 5.75 Å². The van der Waals surface area contributed by atoms with Gasteiger partial charge in [-0.05, 0) is 42.7 Å². The molecule has 0 spiro atoms. The molecule has 1 N–H and O–H groups in total. The Hall–Kier alpha value is -1.94. The molecule has 0 saturated carbocycles. The predicted octanol–water partition coefficient (Wildman–Crippen LogP) is 4.18. The SMILES string of the molecule is Cc1ccc(C)c(CC(O)c2ccc(OC(F)F)cc2)c1. The van der Waals surface area contributed by atoms with E-state index in [1.807, 2.05) is 32.0 Å². The van der Waals surface area contributed by atoms with Crippen LogP contribution in [0.4, 0.5) is 8.78 Å². The fraction of sp³-hybridized carbons (Fsp3) is 0.294. The van der Waals surface area contributed by atoms with Crippen LogP contribution in [0.2, 0.25) is 0 Å². The Labute approximate surface area is 123 Å². The fourth-order valence-corrected chi connectivity index (χ4v) is 2.22. The van der Waals surface area contributed by atoms with Crippen molar-refractivity contribution in [2.24, 2.45) is 0 Å². The molecular formula is C17H18F2O2. The highest BCUT2D eigenvalue weighted by molar-refractivity contribution is 5.33. The highest BCUT2D eigenvalue weighted by Crippen LogP contribution is 2.23. The maximum absolute atomic E-state index is 12.1. The molecule has 0 aromatic heterocycles. The van der Waals surface area contributed by atoms with E-state index in [4.69, 9.17) is 0 Å². The van der Waals surface area contributed by atoms with Gasteiger partial charge in [0.2, 0.25) is 0 Å². The number of aliphatic hydroxyl groups is 1. The van der Waals surface area contributed by atoms with Gasteiger partial charge in [0.05, 0.1) is 6.10 Å². The summed E-state index contributed by atoms with van der Waals surface area (Å²) in [6, 6.07) is 12.2. The van der Waals surface area contributed by atoms with Crippen molar-refractivity contribution >= 4 is 0 Å². The summed E-state index contributed by atoms with van der Waals surface area (Å²) in [5.41, 5.74) is 4.02. The van der Waals surface area contributed by atoms with Gasteiger partial charge in [-0.3, -0.25) is 0 Å². The minimum absolute atomic E-state index is 0.0905. The zero-order valence-electron chi connectivity index (χ0n) is 12.0. The molecule has 0 heterocycles. The van der Waals surface area contributed by atoms with Crippen molar-refractivity contribution in [2.75, 3.05) is 0 Å². The normalized spacial score (nSPS) is 12.5. The third kappa shape index (κ3) is 4.26. The Bertz CT molecular complexity index is 594. The van der Waals surface area contributed by atoms with E-state index in [9.17, 15) is 13.9 Å². The van der Waals surface area contributed by atoms with Crippen LogP contribution in [0.5, 0.6) is 5.75 Å². The molecular weight excluding hydrogens is 274 g/mol. The van der Waals surface area contributed by atoms with E-state index in [1.54, 1.807) is 12.1 Å². The molecule has 0 fully saturated rings. The molecule has 0 bridgehead atoms. The summed E-state index contributed by atoms with van der Waals surface area (Å²) in [7, 11) is 0. The maximum Gasteiger partial charge on any atom is 0.387 e. The zero-order chi connectivity index (χ0) is 15.4. The number of halogens is 2. The smallest absolute Gasteiger partial charge is 0.387 e. The third-order valence-electron chi connectivity index (χ3n) is 3.41. The number of ether oxygens (including phenoxy) is 1. The van der Waals surface area contributed by atoms with Crippen molar-refractivity contribution in [1.82, 2.24) is 0 Å². The average Bonchev–Trinajstić information content (AvgIpc) is 2.43. The third-order valence-corrected chi connectivity index (χ3v) is 3.41. The van der Waals surface area contributed by atoms with Gasteiger partial charge in [0, 0.05) is 6.42 Å². The molecule has 112 valence electrons. The minimum atomic E-state index is -2.84. The van der Waals surface area contributed by atoms with Crippen molar-refractivity contribution in [1.29, 1.82) is 0 Å². The number of aliphatic hydroxyl groups excluding tert-OH is 1. The molecule has 21 heavy (non-hydrogen) atoms. The summed E-state index contributed by atoms with van der Waals surface area (Å²) in [4.78, 5) is 0. The van der Waals surface area contributed by atoms with E-state index in [2.05, 4.69) is 4.74 Å². The van der Waals surface area contributed by atoms with Crippen molar-refractivity contribution in [3.05, 3.63) is 64.7 Å². The summed E-state index contributed by atoms with van der Waals surface area (Å²) < 4.78 is 28.4. The first-order valence-corrected chi connectivity index (χ1v) is 6.74. The molecule has 0 radical (unpaired) electrons. The molecule has 2 aromatic carbocycles. The standard InChI is InChI=1S/C17H18F2O2/c1-11-3-4-12(2)14(9-11)10-16(20)13-5-7-15(8-6-13)21-17(18)19/h3-9,16-17,20H,10H2,1-2H3. The van der Waals surface area contributed by atoms with Crippen molar-refractivity contribution in [3.63, 3.8) is 0 Å². The second-order valence-electron chi connectivity index (χ2n) is 5.10. The van der Waals surface area contributed by atoms with Gasteiger partial charge in [-0.15, -0.1) is 0 Å². The maximum atomic E-state index is 12.1. The van der Waals surface area contributed by atoms with Crippen LogP contribution in [-0.4, -0.2) is 11.7 Å². The Morgan fingerprint density at radius 2 is 1.71 bits per heavy atom. The highest BCUT2D eigenvalue weighted by Gasteiger charge is 2.11. The summed E-state index contributed by atoms with van der Waals surface area (Å²) in [5, 5.41) is 10.3. The molecule has 0 aliphatic carbocycles. The lowest BCUT2D eigenvalue weighted by molar-refractivity contribution is -0.0498. The summed E-state index contributed by atoms with van der Waals surface area (Å²) in [6.07, 6.45) is -0.186. The second-order valence-corrected chi connectivity index (χ2v) is 5.10. The number of benzene rings is 2. The van der Waals surface area contributed by atoms with E-state index < -0.39 is 12.7 Å². The molecule has 0 aliphatic heterocycles. The zero-order valence-corrected chi connectivity index (χ0v) is 12.0. The predicted molar refractivity (Wildman–Crippen MR) is 77.7 cm³/mol. The van der Waals surface area contributed by atoms with Crippen LogP contribution in [0.25, 0.3) is 0 Å². The molecule has 1 atom stereocenters. The van der Waals surface area contributed by atoms with Gasteiger partial charge in [0.25, 0.3) is 0 Å². The first-order valence-electron chi connectivity index (χ1n) is 6.74. The monoisotopic (exact) mass is 292 g/mol. The van der Waals surface area contributed by atoms with Gasteiger partial charge in [0.15, 0.2) is 0 Å². The second kappa shape index (κ2) is 6.68. The molecule has 2 nitrogen and oxygen atoms in total. The molecule has 1 unspecified atom stereocenters. The number of alkyl halides is 2.